The minimum Gasteiger partial charge on any atom is -0.494 e. The molecular formula is C13H18Br2O2. The van der Waals surface area contributed by atoms with E-state index in [1.807, 2.05) is 39.8 Å². The van der Waals surface area contributed by atoms with Crippen molar-refractivity contribution in [1.29, 1.82) is 0 Å². The number of halogens is 2. The fraction of sp³-hybridized carbons (Fsp3) is 0.538. The van der Waals surface area contributed by atoms with Gasteiger partial charge < -0.3 is 9.47 Å². The lowest BCUT2D eigenvalue weighted by atomic mass is 10.1. The fourth-order valence-electron chi connectivity index (χ4n) is 1.38. The lowest BCUT2D eigenvalue weighted by molar-refractivity contribution is 0.129. The van der Waals surface area contributed by atoms with Crippen molar-refractivity contribution in [2.24, 2.45) is 0 Å². The Morgan fingerprint density at radius 3 is 2.35 bits per heavy atom. The van der Waals surface area contributed by atoms with E-state index in [9.17, 15) is 0 Å². The van der Waals surface area contributed by atoms with Gasteiger partial charge in [-0.05, 0) is 55.3 Å². The predicted octanol–water partition coefficient (Wildman–Crippen LogP) is 4.92. The van der Waals surface area contributed by atoms with E-state index in [0.29, 0.717) is 6.61 Å². The SMILES string of the molecule is CCOc1cc(CBr)c(Br)c(OC(C)(C)C)c1. The van der Waals surface area contributed by atoms with Gasteiger partial charge in [-0.1, -0.05) is 15.9 Å². The van der Waals surface area contributed by atoms with Crippen molar-refractivity contribution in [2.75, 3.05) is 6.61 Å². The Hall–Kier alpha value is -0.220. The Morgan fingerprint density at radius 1 is 1.24 bits per heavy atom. The molecule has 0 N–H and O–H groups in total. The maximum absolute atomic E-state index is 5.91. The number of hydrogen-bond donors (Lipinski definition) is 0. The van der Waals surface area contributed by atoms with Crippen LogP contribution < -0.4 is 9.47 Å². The molecule has 0 heterocycles. The molecule has 0 aliphatic heterocycles. The van der Waals surface area contributed by atoms with Gasteiger partial charge in [-0.2, -0.15) is 0 Å². The van der Waals surface area contributed by atoms with Gasteiger partial charge in [-0.15, -0.1) is 0 Å². The summed E-state index contributed by atoms with van der Waals surface area (Å²) in [5, 5.41) is 0.759. The largest absolute Gasteiger partial charge is 0.494 e. The standard InChI is InChI=1S/C13H18Br2O2/c1-5-16-10-6-9(8-14)12(15)11(7-10)17-13(2,3)4/h6-7H,5,8H2,1-4H3. The second kappa shape index (κ2) is 6.10. The van der Waals surface area contributed by atoms with Crippen LogP contribution in [0.4, 0.5) is 0 Å². The Kier molecular flexibility index (Phi) is 5.32. The molecule has 96 valence electrons. The highest BCUT2D eigenvalue weighted by atomic mass is 79.9. The molecule has 2 nitrogen and oxygen atoms in total. The molecule has 0 unspecified atom stereocenters. The lowest BCUT2D eigenvalue weighted by Crippen LogP contribution is -2.23. The van der Waals surface area contributed by atoms with E-state index in [1.165, 1.54) is 0 Å². The van der Waals surface area contributed by atoms with Gasteiger partial charge in [0, 0.05) is 11.4 Å². The summed E-state index contributed by atoms with van der Waals surface area (Å²) in [6, 6.07) is 3.93. The van der Waals surface area contributed by atoms with Crippen LogP contribution in [0.2, 0.25) is 0 Å². The molecule has 17 heavy (non-hydrogen) atoms. The zero-order chi connectivity index (χ0) is 13.1. The molecule has 0 bridgehead atoms. The van der Waals surface area contributed by atoms with E-state index in [4.69, 9.17) is 9.47 Å². The summed E-state index contributed by atoms with van der Waals surface area (Å²) in [6.45, 7) is 8.71. The van der Waals surface area contributed by atoms with Gasteiger partial charge in [0.15, 0.2) is 0 Å². The topological polar surface area (TPSA) is 18.5 Å². The minimum atomic E-state index is -0.225. The molecule has 0 radical (unpaired) electrons. The minimum absolute atomic E-state index is 0.225. The summed E-state index contributed by atoms with van der Waals surface area (Å²) in [5.41, 5.74) is 0.895. The second-order valence-corrected chi connectivity index (χ2v) is 6.03. The first kappa shape index (κ1) is 14.8. The van der Waals surface area contributed by atoms with Gasteiger partial charge in [0.1, 0.15) is 17.1 Å². The van der Waals surface area contributed by atoms with Crippen LogP contribution in [0, 0.1) is 0 Å². The van der Waals surface area contributed by atoms with Gasteiger partial charge >= 0.3 is 0 Å². The average Bonchev–Trinajstić information content (AvgIpc) is 2.21. The lowest BCUT2D eigenvalue weighted by Gasteiger charge is -2.23. The van der Waals surface area contributed by atoms with Crippen molar-refractivity contribution in [3.8, 4) is 11.5 Å². The van der Waals surface area contributed by atoms with Crippen LogP contribution in [0.1, 0.15) is 33.3 Å². The average molecular weight is 366 g/mol. The highest BCUT2D eigenvalue weighted by molar-refractivity contribution is 9.11. The van der Waals surface area contributed by atoms with Crippen LogP contribution in [0.5, 0.6) is 11.5 Å². The summed E-state index contributed by atoms with van der Waals surface area (Å²) < 4.78 is 12.4. The molecule has 1 aromatic rings. The number of hydrogen-bond acceptors (Lipinski definition) is 2. The number of ether oxygens (including phenoxy) is 2. The first-order valence-corrected chi connectivity index (χ1v) is 7.49. The Labute approximate surface area is 120 Å². The summed E-state index contributed by atoms with van der Waals surface area (Å²) in [6.07, 6.45) is 0. The Balaban J connectivity index is 3.13. The van der Waals surface area contributed by atoms with Gasteiger partial charge in [0.2, 0.25) is 0 Å². The quantitative estimate of drug-likeness (QED) is 0.705. The maximum atomic E-state index is 5.91. The van der Waals surface area contributed by atoms with Crippen molar-refractivity contribution in [1.82, 2.24) is 0 Å². The van der Waals surface area contributed by atoms with E-state index in [-0.39, 0.29) is 5.60 Å². The zero-order valence-corrected chi connectivity index (χ0v) is 13.8. The molecule has 0 amide bonds. The molecule has 0 fully saturated rings. The van der Waals surface area contributed by atoms with E-state index in [1.54, 1.807) is 0 Å². The second-order valence-electron chi connectivity index (χ2n) is 4.68. The first-order chi connectivity index (χ1) is 7.87. The normalized spacial score (nSPS) is 11.4. The van der Waals surface area contributed by atoms with Gasteiger partial charge in [0.25, 0.3) is 0 Å². The monoisotopic (exact) mass is 364 g/mol. The zero-order valence-electron chi connectivity index (χ0n) is 10.6. The molecule has 0 spiro atoms. The molecule has 4 heteroatoms. The van der Waals surface area contributed by atoms with Crippen LogP contribution in [0.15, 0.2) is 16.6 Å². The number of alkyl halides is 1. The highest BCUT2D eigenvalue weighted by Crippen LogP contribution is 2.36. The van der Waals surface area contributed by atoms with Crippen molar-refractivity contribution in [2.45, 2.75) is 38.6 Å². The van der Waals surface area contributed by atoms with Crippen LogP contribution in [0.3, 0.4) is 0 Å². The molecule has 0 saturated heterocycles. The predicted molar refractivity (Wildman–Crippen MR) is 78.3 cm³/mol. The van der Waals surface area contributed by atoms with Gasteiger partial charge in [-0.25, -0.2) is 0 Å². The molecular weight excluding hydrogens is 348 g/mol. The summed E-state index contributed by atoms with van der Waals surface area (Å²) in [4.78, 5) is 0. The van der Waals surface area contributed by atoms with E-state index in [0.717, 1.165) is 26.9 Å². The van der Waals surface area contributed by atoms with Crippen LogP contribution in [-0.2, 0) is 5.33 Å². The van der Waals surface area contributed by atoms with Gasteiger partial charge in [0.05, 0.1) is 11.1 Å². The van der Waals surface area contributed by atoms with Crippen molar-refractivity contribution < 1.29 is 9.47 Å². The smallest absolute Gasteiger partial charge is 0.138 e. The fourth-order valence-corrected chi connectivity index (χ4v) is 2.65. The number of rotatable bonds is 4. The maximum Gasteiger partial charge on any atom is 0.138 e. The molecule has 0 atom stereocenters. The molecule has 0 aromatic heterocycles. The van der Waals surface area contributed by atoms with Crippen LogP contribution in [-0.4, -0.2) is 12.2 Å². The van der Waals surface area contributed by atoms with Crippen LogP contribution >= 0.6 is 31.9 Å². The highest BCUT2D eigenvalue weighted by Gasteiger charge is 2.17. The molecule has 0 aliphatic carbocycles. The van der Waals surface area contributed by atoms with E-state index < -0.39 is 0 Å². The molecule has 1 rings (SSSR count). The molecule has 0 saturated carbocycles. The van der Waals surface area contributed by atoms with E-state index in [2.05, 4.69) is 31.9 Å². The third-order valence-corrected chi connectivity index (χ3v) is 3.46. The summed E-state index contributed by atoms with van der Waals surface area (Å²) in [5.74, 6) is 1.65. The summed E-state index contributed by atoms with van der Waals surface area (Å²) in [7, 11) is 0. The van der Waals surface area contributed by atoms with E-state index >= 15 is 0 Å². The summed E-state index contributed by atoms with van der Waals surface area (Å²) >= 11 is 7.04. The molecule has 1 aromatic carbocycles. The Bertz CT molecular complexity index is 384. The Morgan fingerprint density at radius 2 is 1.88 bits per heavy atom. The van der Waals surface area contributed by atoms with Crippen molar-refractivity contribution in [3.63, 3.8) is 0 Å². The van der Waals surface area contributed by atoms with Crippen molar-refractivity contribution >= 4 is 31.9 Å². The first-order valence-electron chi connectivity index (χ1n) is 5.57. The number of benzene rings is 1. The van der Waals surface area contributed by atoms with Crippen LogP contribution in [0.25, 0.3) is 0 Å². The molecule has 0 aliphatic rings. The third kappa shape index (κ3) is 4.51. The third-order valence-electron chi connectivity index (χ3n) is 1.96. The van der Waals surface area contributed by atoms with Gasteiger partial charge in [-0.3, -0.25) is 0 Å². The van der Waals surface area contributed by atoms with Crippen molar-refractivity contribution in [3.05, 3.63) is 22.2 Å².